The minimum atomic E-state index is 0.0656. The van der Waals surface area contributed by atoms with Gasteiger partial charge in [-0.3, -0.25) is 9.78 Å². The Balaban J connectivity index is 1.46. The fourth-order valence-corrected chi connectivity index (χ4v) is 3.80. The molecule has 30 heavy (non-hydrogen) atoms. The summed E-state index contributed by atoms with van der Waals surface area (Å²) < 4.78 is 5.14. The van der Waals surface area contributed by atoms with Gasteiger partial charge in [0.25, 0.3) is 0 Å². The van der Waals surface area contributed by atoms with E-state index in [1.54, 1.807) is 36.8 Å². The highest BCUT2D eigenvalue weighted by atomic mass is 16.5. The van der Waals surface area contributed by atoms with Crippen LogP contribution in [0.25, 0.3) is 11.4 Å². The number of nitrogens with zero attached hydrogens (tertiary/aromatic N) is 4. The first kappa shape index (κ1) is 19.8. The van der Waals surface area contributed by atoms with Crippen LogP contribution in [0.1, 0.15) is 30.0 Å². The van der Waals surface area contributed by atoms with Crippen LogP contribution in [0.2, 0.25) is 0 Å². The topological polar surface area (TPSA) is 88.4 Å². The number of rotatable bonds is 5. The number of ether oxygens (including phenoxy) is 1. The van der Waals surface area contributed by atoms with Gasteiger partial charge < -0.3 is 14.7 Å². The zero-order chi connectivity index (χ0) is 20.9. The third-order valence-electron chi connectivity index (χ3n) is 5.41. The molecule has 0 bridgehead atoms. The number of hydrogen-bond donors (Lipinski definition) is 1. The van der Waals surface area contributed by atoms with Crippen molar-refractivity contribution in [2.75, 3.05) is 20.2 Å². The molecule has 154 valence electrons. The van der Waals surface area contributed by atoms with Gasteiger partial charge in [-0.1, -0.05) is 6.07 Å². The highest BCUT2D eigenvalue weighted by Crippen LogP contribution is 2.29. The van der Waals surface area contributed by atoms with Gasteiger partial charge in [0.1, 0.15) is 0 Å². The van der Waals surface area contributed by atoms with Crippen molar-refractivity contribution in [2.45, 2.75) is 25.2 Å². The van der Waals surface area contributed by atoms with Gasteiger partial charge in [0.05, 0.1) is 13.5 Å². The minimum Gasteiger partial charge on any atom is -0.504 e. The number of phenols is 1. The first-order chi connectivity index (χ1) is 14.6. The van der Waals surface area contributed by atoms with Gasteiger partial charge in [0.2, 0.25) is 5.91 Å². The molecule has 3 heterocycles. The van der Waals surface area contributed by atoms with Crippen LogP contribution >= 0.6 is 0 Å². The van der Waals surface area contributed by atoms with Crippen molar-refractivity contribution in [1.82, 2.24) is 19.9 Å². The molecule has 1 amide bonds. The largest absolute Gasteiger partial charge is 0.504 e. The van der Waals surface area contributed by atoms with E-state index in [0.29, 0.717) is 18.1 Å². The van der Waals surface area contributed by atoms with Crippen molar-refractivity contribution in [3.63, 3.8) is 0 Å². The number of amides is 1. The monoisotopic (exact) mass is 404 g/mol. The molecule has 4 rings (SSSR count). The van der Waals surface area contributed by atoms with Crippen LogP contribution in [0.15, 0.2) is 55.0 Å². The molecule has 0 saturated carbocycles. The highest BCUT2D eigenvalue weighted by molar-refractivity contribution is 5.79. The molecule has 1 saturated heterocycles. The fraction of sp³-hybridized carbons (Fsp3) is 0.304. The molecule has 0 unspecified atom stereocenters. The third kappa shape index (κ3) is 4.40. The van der Waals surface area contributed by atoms with E-state index in [-0.39, 0.29) is 24.0 Å². The number of hydrogen-bond acceptors (Lipinski definition) is 6. The van der Waals surface area contributed by atoms with Crippen LogP contribution < -0.4 is 4.74 Å². The number of piperidine rings is 1. The summed E-state index contributed by atoms with van der Waals surface area (Å²) in [4.78, 5) is 28.0. The Bertz CT molecular complexity index is 1030. The first-order valence-corrected chi connectivity index (χ1v) is 10.0. The summed E-state index contributed by atoms with van der Waals surface area (Å²) in [6.07, 6.45) is 7.43. The van der Waals surface area contributed by atoms with E-state index in [0.717, 1.165) is 36.2 Å². The standard InChI is InChI=1S/C23H24N4O3/c1-30-21-13-16(4-5-20(21)28)14-22(29)27-12-2-3-18(15-27)19-8-11-25-23(26-19)17-6-9-24-10-7-17/h4-11,13,18,28H,2-3,12,14-15H2,1H3/t18-/m0/s1. The Morgan fingerprint density at radius 3 is 2.83 bits per heavy atom. The summed E-state index contributed by atoms with van der Waals surface area (Å²) in [6, 6.07) is 10.7. The zero-order valence-electron chi connectivity index (χ0n) is 16.9. The Kier molecular flexibility index (Phi) is 5.88. The second-order valence-corrected chi connectivity index (χ2v) is 7.40. The molecule has 0 spiro atoms. The Morgan fingerprint density at radius 2 is 2.03 bits per heavy atom. The number of methoxy groups -OCH3 is 1. The molecule has 1 aliphatic rings. The maximum atomic E-state index is 12.9. The van der Waals surface area contributed by atoms with E-state index < -0.39 is 0 Å². The lowest BCUT2D eigenvalue weighted by atomic mass is 9.94. The van der Waals surface area contributed by atoms with Crippen LogP contribution in [-0.4, -0.2) is 51.1 Å². The molecule has 0 radical (unpaired) electrons. The van der Waals surface area contributed by atoms with Crippen molar-refractivity contribution in [1.29, 1.82) is 0 Å². The molecule has 1 N–H and O–H groups in total. The molecule has 1 fully saturated rings. The lowest BCUT2D eigenvalue weighted by Crippen LogP contribution is -2.40. The van der Waals surface area contributed by atoms with E-state index in [9.17, 15) is 9.90 Å². The number of phenolic OH excluding ortho intramolecular Hbond substituents is 1. The predicted molar refractivity (Wildman–Crippen MR) is 112 cm³/mol. The summed E-state index contributed by atoms with van der Waals surface area (Å²) in [7, 11) is 1.50. The van der Waals surface area contributed by atoms with Crippen LogP contribution in [0.3, 0.4) is 0 Å². The lowest BCUT2D eigenvalue weighted by molar-refractivity contribution is -0.131. The molecule has 1 atom stereocenters. The van der Waals surface area contributed by atoms with E-state index >= 15 is 0 Å². The second-order valence-electron chi connectivity index (χ2n) is 7.40. The van der Waals surface area contributed by atoms with Crippen molar-refractivity contribution in [3.05, 3.63) is 66.2 Å². The van der Waals surface area contributed by atoms with E-state index in [1.165, 1.54) is 7.11 Å². The molecule has 2 aromatic heterocycles. The van der Waals surface area contributed by atoms with Gasteiger partial charge in [-0.25, -0.2) is 9.97 Å². The summed E-state index contributed by atoms with van der Waals surface area (Å²) in [5.41, 5.74) is 2.70. The number of pyridine rings is 1. The quantitative estimate of drug-likeness (QED) is 0.703. The maximum absolute atomic E-state index is 12.9. The molecule has 7 nitrogen and oxygen atoms in total. The molecule has 0 aliphatic carbocycles. The van der Waals surface area contributed by atoms with Gasteiger partial charge in [-0.05, 0) is 48.7 Å². The number of likely N-dealkylation sites (tertiary alicyclic amines) is 1. The predicted octanol–water partition coefficient (Wildman–Crippen LogP) is 3.20. The van der Waals surface area contributed by atoms with Crippen LogP contribution in [0, 0.1) is 0 Å². The average Bonchev–Trinajstić information content (AvgIpc) is 2.81. The molecule has 3 aromatic rings. The number of benzene rings is 1. The van der Waals surface area contributed by atoms with Gasteiger partial charge in [0, 0.05) is 48.9 Å². The van der Waals surface area contributed by atoms with E-state index in [2.05, 4.69) is 9.97 Å². The molecular weight excluding hydrogens is 380 g/mol. The number of carbonyl (C=O) groups excluding carboxylic acids is 1. The molecule has 7 heteroatoms. The molecule has 1 aromatic carbocycles. The summed E-state index contributed by atoms with van der Waals surface area (Å²) in [5.74, 6) is 1.37. The van der Waals surface area contributed by atoms with Crippen molar-refractivity contribution >= 4 is 5.91 Å². The summed E-state index contributed by atoms with van der Waals surface area (Å²) >= 11 is 0. The van der Waals surface area contributed by atoms with Crippen LogP contribution in [0.5, 0.6) is 11.5 Å². The third-order valence-corrected chi connectivity index (χ3v) is 5.41. The number of aromatic nitrogens is 3. The minimum absolute atomic E-state index is 0.0656. The average molecular weight is 404 g/mol. The lowest BCUT2D eigenvalue weighted by Gasteiger charge is -2.32. The Hall–Kier alpha value is -3.48. The van der Waals surface area contributed by atoms with Crippen LogP contribution in [-0.2, 0) is 11.2 Å². The fourth-order valence-electron chi connectivity index (χ4n) is 3.80. The van der Waals surface area contributed by atoms with Crippen molar-refractivity contribution in [2.24, 2.45) is 0 Å². The van der Waals surface area contributed by atoms with E-state index in [1.807, 2.05) is 23.1 Å². The Morgan fingerprint density at radius 1 is 1.20 bits per heavy atom. The number of carbonyl (C=O) groups is 1. The van der Waals surface area contributed by atoms with Crippen molar-refractivity contribution < 1.29 is 14.6 Å². The normalized spacial score (nSPS) is 16.3. The highest BCUT2D eigenvalue weighted by Gasteiger charge is 2.26. The second kappa shape index (κ2) is 8.90. The van der Waals surface area contributed by atoms with E-state index in [4.69, 9.17) is 9.72 Å². The summed E-state index contributed by atoms with van der Waals surface area (Å²) in [5, 5.41) is 9.75. The van der Waals surface area contributed by atoms with Crippen molar-refractivity contribution in [3.8, 4) is 22.9 Å². The zero-order valence-corrected chi connectivity index (χ0v) is 16.9. The number of aromatic hydroxyl groups is 1. The maximum Gasteiger partial charge on any atom is 0.227 e. The summed E-state index contributed by atoms with van der Waals surface area (Å²) in [6.45, 7) is 1.38. The van der Waals surface area contributed by atoms with Crippen LogP contribution in [0.4, 0.5) is 0 Å². The van der Waals surface area contributed by atoms with Gasteiger partial charge in [0.15, 0.2) is 17.3 Å². The van der Waals surface area contributed by atoms with Gasteiger partial charge in [-0.15, -0.1) is 0 Å². The first-order valence-electron chi connectivity index (χ1n) is 10.0. The Labute approximate surface area is 175 Å². The molecule has 1 aliphatic heterocycles. The SMILES string of the molecule is COc1cc(CC(=O)N2CCC[C@H](c3ccnc(-c4ccncc4)n3)C2)ccc1O. The smallest absolute Gasteiger partial charge is 0.227 e. The van der Waals surface area contributed by atoms with Gasteiger partial charge >= 0.3 is 0 Å². The molecular formula is C23H24N4O3. The van der Waals surface area contributed by atoms with Gasteiger partial charge in [-0.2, -0.15) is 0 Å².